The molecule has 1 aromatic rings. The van der Waals surface area contributed by atoms with Gasteiger partial charge in [-0.2, -0.15) is 13.2 Å². The third-order valence-corrected chi connectivity index (χ3v) is 2.29. The molecule has 0 unspecified atom stereocenters. The Kier molecular flexibility index (Phi) is 3.91. The second-order valence-electron chi connectivity index (χ2n) is 3.35. The van der Waals surface area contributed by atoms with Crippen LogP contribution >= 0.6 is 11.6 Å². The molecule has 0 spiro atoms. The molecule has 2 nitrogen and oxygen atoms in total. The summed E-state index contributed by atoms with van der Waals surface area (Å²) in [5, 5.41) is -0.0592. The molecule has 6 heteroatoms. The zero-order valence-corrected chi connectivity index (χ0v) is 9.19. The summed E-state index contributed by atoms with van der Waals surface area (Å²) in [4.78, 5) is 14.3. The van der Waals surface area contributed by atoms with Gasteiger partial charge in [0.1, 0.15) is 5.78 Å². The van der Waals surface area contributed by atoms with Crippen molar-refractivity contribution in [2.45, 2.75) is 25.9 Å². The van der Waals surface area contributed by atoms with E-state index in [0.717, 1.165) is 12.3 Å². The van der Waals surface area contributed by atoms with Gasteiger partial charge in [0.25, 0.3) is 0 Å². The van der Waals surface area contributed by atoms with Gasteiger partial charge in [-0.3, -0.25) is 4.98 Å². The number of pyridine rings is 1. The topological polar surface area (TPSA) is 30.0 Å². The molecule has 0 aliphatic rings. The highest BCUT2D eigenvalue weighted by Crippen LogP contribution is 2.31. The van der Waals surface area contributed by atoms with Gasteiger partial charge in [-0.25, -0.2) is 0 Å². The minimum absolute atomic E-state index is 0.0576. The van der Waals surface area contributed by atoms with Crippen LogP contribution in [0.5, 0.6) is 0 Å². The third kappa shape index (κ3) is 3.48. The summed E-state index contributed by atoms with van der Waals surface area (Å²) in [7, 11) is 0. The van der Waals surface area contributed by atoms with E-state index < -0.39 is 11.7 Å². The number of hydrogen-bond donors (Lipinski definition) is 0. The fraction of sp³-hybridized carbons (Fsp3) is 0.400. The van der Waals surface area contributed by atoms with Gasteiger partial charge in [0.15, 0.2) is 0 Å². The van der Waals surface area contributed by atoms with E-state index in [0.29, 0.717) is 5.69 Å². The molecule has 16 heavy (non-hydrogen) atoms. The first-order valence-corrected chi connectivity index (χ1v) is 4.89. The van der Waals surface area contributed by atoms with Gasteiger partial charge >= 0.3 is 6.18 Å². The van der Waals surface area contributed by atoms with Gasteiger partial charge in [-0.05, 0) is 19.4 Å². The Balaban J connectivity index is 2.88. The van der Waals surface area contributed by atoms with Gasteiger partial charge in [-0.15, -0.1) is 0 Å². The van der Waals surface area contributed by atoms with Gasteiger partial charge in [0, 0.05) is 12.6 Å². The number of Topliss-reactive ketones (excluding diaryl/α,β-unsaturated/α-hetero) is 1. The van der Waals surface area contributed by atoms with E-state index in [4.69, 9.17) is 11.6 Å². The van der Waals surface area contributed by atoms with E-state index >= 15 is 0 Å². The molecule has 0 aliphatic heterocycles. The maximum absolute atomic E-state index is 12.3. The number of ketones is 1. The summed E-state index contributed by atoms with van der Waals surface area (Å²) >= 11 is 5.65. The van der Waals surface area contributed by atoms with Gasteiger partial charge < -0.3 is 4.79 Å². The molecule has 0 fully saturated rings. The zero-order chi connectivity index (χ0) is 12.3. The summed E-state index contributed by atoms with van der Waals surface area (Å²) < 4.78 is 36.8. The summed E-state index contributed by atoms with van der Waals surface area (Å²) in [6.45, 7) is 1.40. The van der Waals surface area contributed by atoms with Crippen LogP contribution in [0.1, 0.15) is 24.6 Å². The maximum Gasteiger partial charge on any atom is 0.417 e. The Morgan fingerprint density at radius 2 is 2.12 bits per heavy atom. The highest BCUT2D eigenvalue weighted by molar-refractivity contribution is 6.31. The molecular weight excluding hydrogens is 243 g/mol. The Bertz CT molecular complexity index is 404. The number of carbonyl (C=O) groups excluding carboxylic acids is 1. The van der Waals surface area contributed by atoms with Crippen molar-refractivity contribution in [3.63, 3.8) is 0 Å². The fourth-order valence-corrected chi connectivity index (χ4v) is 1.36. The number of alkyl halides is 3. The molecular formula is C10H9ClF3NO. The van der Waals surface area contributed by atoms with E-state index in [9.17, 15) is 18.0 Å². The third-order valence-electron chi connectivity index (χ3n) is 1.96. The first-order chi connectivity index (χ1) is 7.30. The van der Waals surface area contributed by atoms with Crippen molar-refractivity contribution >= 4 is 17.4 Å². The molecule has 0 saturated carbocycles. The molecule has 0 aliphatic carbocycles. The van der Waals surface area contributed by atoms with Crippen LogP contribution in [0.2, 0.25) is 5.02 Å². The van der Waals surface area contributed by atoms with E-state index in [2.05, 4.69) is 4.98 Å². The predicted octanol–water partition coefficient (Wildman–Crippen LogP) is 3.28. The average molecular weight is 252 g/mol. The van der Waals surface area contributed by atoms with E-state index in [-0.39, 0.29) is 23.6 Å². The monoisotopic (exact) mass is 251 g/mol. The minimum atomic E-state index is -4.45. The van der Waals surface area contributed by atoms with Crippen LogP contribution in [0.25, 0.3) is 0 Å². The van der Waals surface area contributed by atoms with Gasteiger partial charge in [-0.1, -0.05) is 11.6 Å². The van der Waals surface area contributed by atoms with Crippen molar-refractivity contribution in [3.8, 4) is 0 Å². The number of rotatable bonds is 3. The van der Waals surface area contributed by atoms with Gasteiger partial charge in [0.05, 0.1) is 16.3 Å². The first-order valence-electron chi connectivity index (χ1n) is 4.51. The average Bonchev–Trinajstić information content (AvgIpc) is 2.14. The molecule has 0 amide bonds. The second kappa shape index (κ2) is 4.82. The lowest BCUT2D eigenvalue weighted by molar-refractivity contribution is -0.137. The number of nitrogens with zero attached hydrogens (tertiary/aromatic N) is 1. The van der Waals surface area contributed by atoms with E-state index in [1.807, 2.05) is 0 Å². The summed E-state index contributed by atoms with van der Waals surface area (Å²) in [5.74, 6) is -0.0576. The van der Waals surface area contributed by atoms with Crippen LogP contribution in [-0.4, -0.2) is 10.8 Å². The van der Waals surface area contributed by atoms with Crippen LogP contribution in [0.15, 0.2) is 12.3 Å². The number of aromatic nitrogens is 1. The van der Waals surface area contributed by atoms with E-state index in [1.165, 1.54) is 6.92 Å². The quantitative estimate of drug-likeness (QED) is 0.825. The molecule has 1 aromatic heterocycles. The Morgan fingerprint density at radius 1 is 1.50 bits per heavy atom. The lowest BCUT2D eigenvalue weighted by atomic mass is 10.1. The predicted molar refractivity (Wildman–Crippen MR) is 53.3 cm³/mol. The van der Waals surface area contributed by atoms with Crippen LogP contribution < -0.4 is 0 Å². The molecule has 0 radical (unpaired) electrons. The van der Waals surface area contributed by atoms with Crippen molar-refractivity contribution in [2.24, 2.45) is 0 Å². The summed E-state index contributed by atoms with van der Waals surface area (Å²) in [6.07, 6.45) is -3.25. The first kappa shape index (κ1) is 13.0. The highest BCUT2D eigenvalue weighted by atomic mass is 35.5. The standard InChI is InChI=1S/C10H9ClF3NO/c1-6(16)2-3-9-8(11)4-7(5-15-9)10(12,13)14/h4-5H,2-3H2,1H3. The van der Waals surface area contributed by atoms with Crippen LogP contribution in [0, 0.1) is 0 Å². The van der Waals surface area contributed by atoms with Gasteiger partial charge in [0.2, 0.25) is 0 Å². The zero-order valence-electron chi connectivity index (χ0n) is 8.44. The summed E-state index contributed by atoms with van der Waals surface area (Å²) in [5.41, 5.74) is -0.575. The molecule has 0 atom stereocenters. The second-order valence-corrected chi connectivity index (χ2v) is 3.76. The van der Waals surface area contributed by atoms with Crippen molar-refractivity contribution < 1.29 is 18.0 Å². The lowest BCUT2D eigenvalue weighted by Gasteiger charge is -2.08. The molecule has 0 saturated heterocycles. The van der Waals surface area contributed by atoms with Crippen LogP contribution in [0.3, 0.4) is 0 Å². The highest BCUT2D eigenvalue weighted by Gasteiger charge is 2.31. The smallest absolute Gasteiger partial charge is 0.300 e. The normalized spacial score (nSPS) is 11.6. The molecule has 0 N–H and O–H groups in total. The molecule has 1 heterocycles. The number of carbonyl (C=O) groups is 1. The Hall–Kier alpha value is -1.10. The molecule has 0 bridgehead atoms. The number of halogens is 4. The molecule has 0 aromatic carbocycles. The minimum Gasteiger partial charge on any atom is -0.300 e. The van der Waals surface area contributed by atoms with Crippen LogP contribution in [-0.2, 0) is 17.4 Å². The fourth-order valence-electron chi connectivity index (χ4n) is 1.10. The Morgan fingerprint density at radius 3 is 2.56 bits per heavy atom. The number of hydrogen-bond acceptors (Lipinski definition) is 2. The number of aryl methyl sites for hydroxylation is 1. The molecule has 88 valence electrons. The summed E-state index contributed by atoms with van der Waals surface area (Å²) in [6, 6.07) is 0.823. The maximum atomic E-state index is 12.3. The van der Waals surface area contributed by atoms with E-state index in [1.54, 1.807) is 0 Å². The van der Waals surface area contributed by atoms with Crippen molar-refractivity contribution in [3.05, 3.63) is 28.5 Å². The Labute approximate surface area is 95.4 Å². The lowest BCUT2D eigenvalue weighted by Crippen LogP contribution is -2.07. The SMILES string of the molecule is CC(=O)CCc1ncc(C(F)(F)F)cc1Cl. The van der Waals surface area contributed by atoms with Crippen molar-refractivity contribution in [2.75, 3.05) is 0 Å². The molecule has 1 rings (SSSR count). The van der Waals surface area contributed by atoms with Crippen molar-refractivity contribution in [1.29, 1.82) is 0 Å². The van der Waals surface area contributed by atoms with Crippen molar-refractivity contribution in [1.82, 2.24) is 4.98 Å². The largest absolute Gasteiger partial charge is 0.417 e. The van der Waals surface area contributed by atoms with Crippen LogP contribution in [0.4, 0.5) is 13.2 Å².